The summed E-state index contributed by atoms with van der Waals surface area (Å²) >= 11 is 5.71. The molecule has 0 saturated heterocycles. The lowest BCUT2D eigenvalue weighted by Crippen LogP contribution is -2.24. The maximum Gasteiger partial charge on any atom is 0.285 e. The van der Waals surface area contributed by atoms with E-state index in [9.17, 15) is 8.42 Å². The molecule has 0 atom stereocenters. The van der Waals surface area contributed by atoms with Gasteiger partial charge in [-0.05, 0) is 24.6 Å². The van der Waals surface area contributed by atoms with Gasteiger partial charge in [0, 0.05) is 10.7 Å². The molecule has 16 heavy (non-hydrogen) atoms. The van der Waals surface area contributed by atoms with Crippen LogP contribution in [-0.4, -0.2) is 14.4 Å². The molecule has 1 rings (SSSR count). The third-order valence-electron chi connectivity index (χ3n) is 1.87. The Balaban J connectivity index is 3.51. The third kappa shape index (κ3) is 2.56. The largest absolute Gasteiger partial charge is 0.398 e. The maximum atomic E-state index is 11.7. The Morgan fingerprint density at radius 2 is 1.94 bits per heavy atom. The quantitative estimate of drug-likeness (QED) is 0.399. The average molecular weight is 263 g/mol. The Hall–Kier alpha value is -1.47. The van der Waals surface area contributed by atoms with E-state index in [4.69, 9.17) is 28.8 Å². The highest BCUT2D eigenvalue weighted by molar-refractivity contribution is 7.90. The molecular weight excluding hydrogens is 252 g/mol. The summed E-state index contributed by atoms with van der Waals surface area (Å²) < 4.78 is 26.6. The average Bonchev–Trinajstić information content (AvgIpc) is 2.08. The number of anilines is 1. The van der Waals surface area contributed by atoms with Gasteiger partial charge < -0.3 is 17.2 Å². The molecular formula is C8H11ClN4O2S. The third-order valence-corrected chi connectivity index (χ3v) is 3.52. The minimum absolute atomic E-state index is 0.106. The molecule has 6 N–H and O–H groups in total. The lowest BCUT2D eigenvalue weighted by Gasteiger charge is -2.07. The summed E-state index contributed by atoms with van der Waals surface area (Å²) in [6.07, 6.45) is 0. The zero-order valence-corrected chi connectivity index (χ0v) is 10.0. The van der Waals surface area contributed by atoms with Crippen molar-refractivity contribution in [3.8, 4) is 0 Å². The van der Waals surface area contributed by atoms with Crippen molar-refractivity contribution in [2.45, 2.75) is 11.8 Å². The molecule has 0 aliphatic carbocycles. The number of nitrogen functional groups attached to an aromatic ring is 1. The molecule has 0 unspecified atom stereocenters. The standard InChI is InChI=1S/C8H11ClN4O2S/c1-4-6(10)2-5(9)3-7(4)16(14,15)13-8(11)12/h2-3H,10H2,1H3,(H4,11,12,13). The predicted molar refractivity (Wildman–Crippen MR) is 63.6 cm³/mol. The number of sulfonamides is 1. The molecule has 0 radical (unpaired) electrons. The van der Waals surface area contributed by atoms with Gasteiger partial charge in [0.05, 0.1) is 4.90 Å². The number of nitrogens with zero attached hydrogens (tertiary/aromatic N) is 1. The highest BCUT2D eigenvalue weighted by Crippen LogP contribution is 2.27. The van der Waals surface area contributed by atoms with E-state index in [-0.39, 0.29) is 15.6 Å². The van der Waals surface area contributed by atoms with Gasteiger partial charge >= 0.3 is 0 Å². The molecule has 0 aliphatic heterocycles. The van der Waals surface area contributed by atoms with Crippen LogP contribution in [-0.2, 0) is 10.0 Å². The second-order valence-corrected chi connectivity index (χ2v) is 5.12. The molecule has 0 aromatic heterocycles. The number of hydrogen-bond acceptors (Lipinski definition) is 3. The first kappa shape index (κ1) is 12.6. The molecule has 0 fully saturated rings. The van der Waals surface area contributed by atoms with E-state index in [0.29, 0.717) is 5.56 Å². The number of halogens is 1. The molecule has 0 heterocycles. The molecule has 88 valence electrons. The molecule has 0 aliphatic rings. The van der Waals surface area contributed by atoms with Gasteiger partial charge in [0.25, 0.3) is 10.0 Å². The van der Waals surface area contributed by atoms with Gasteiger partial charge in [0.15, 0.2) is 0 Å². The van der Waals surface area contributed by atoms with Crippen LogP contribution >= 0.6 is 11.6 Å². The Kier molecular flexibility index (Phi) is 3.30. The molecule has 6 nitrogen and oxygen atoms in total. The summed E-state index contributed by atoms with van der Waals surface area (Å²) in [6, 6.07) is 2.69. The van der Waals surface area contributed by atoms with Crippen LogP contribution in [0.1, 0.15) is 5.56 Å². The van der Waals surface area contributed by atoms with Crippen molar-refractivity contribution in [3.05, 3.63) is 22.7 Å². The lowest BCUT2D eigenvalue weighted by molar-refractivity contribution is 0.597. The second kappa shape index (κ2) is 4.18. The van der Waals surface area contributed by atoms with Crippen molar-refractivity contribution in [2.75, 3.05) is 5.73 Å². The van der Waals surface area contributed by atoms with Gasteiger partial charge in [0.1, 0.15) is 0 Å². The fourth-order valence-corrected chi connectivity index (χ4v) is 2.58. The predicted octanol–water partition coefficient (Wildman–Crippen LogP) is 0.193. The van der Waals surface area contributed by atoms with Crippen molar-refractivity contribution in [3.63, 3.8) is 0 Å². The highest BCUT2D eigenvalue weighted by atomic mass is 35.5. The van der Waals surface area contributed by atoms with Gasteiger partial charge in [-0.2, -0.15) is 8.42 Å². The summed E-state index contributed by atoms with van der Waals surface area (Å²) in [5, 5.41) is 0.201. The summed E-state index contributed by atoms with van der Waals surface area (Å²) in [6.45, 7) is 1.54. The van der Waals surface area contributed by atoms with Crippen LogP contribution in [0.2, 0.25) is 5.02 Å². The van der Waals surface area contributed by atoms with Crippen LogP contribution in [0.4, 0.5) is 5.69 Å². The van der Waals surface area contributed by atoms with Crippen molar-refractivity contribution < 1.29 is 8.42 Å². The summed E-state index contributed by atoms with van der Waals surface area (Å²) in [5.41, 5.74) is 16.3. The molecule has 0 amide bonds. The lowest BCUT2D eigenvalue weighted by atomic mass is 10.2. The molecule has 0 bridgehead atoms. The minimum atomic E-state index is -3.96. The van der Waals surface area contributed by atoms with Crippen LogP contribution in [0.5, 0.6) is 0 Å². The molecule has 1 aromatic carbocycles. The van der Waals surface area contributed by atoms with E-state index in [1.807, 2.05) is 0 Å². The Labute approximate surface area is 98.1 Å². The van der Waals surface area contributed by atoms with Gasteiger partial charge in [-0.3, -0.25) is 0 Å². The van der Waals surface area contributed by atoms with Crippen LogP contribution in [0.15, 0.2) is 21.4 Å². The zero-order valence-electron chi connectivity index (χ0n) is 8.44. The number of nitrogens with two attached hydrogens (primary N) is 3. The van der Waals surface area contributed by atoms with Crippen LogP contribution in [0.25, 0.3) is 0 Å². The Morgan fingerprint density at radius 3 is 2.44 bits per heavy atom. The van der Waals surface area contributed by atoms with Crippen molar-refractivity contribution in [1.29, 1.82) is 0 Å². The van der Waals surface area contributed by atoms with Crippen molar-refractivity contribution in [2.24, 2.45) is 15.9 Å². The van der Waals surface area contributed by atoms with Crippen molar-refractivity contribution in [1.82, 2.24) is 0 Å². The number of rotatable bonds is 2. The smallest absolute Gasteiger partial charge is 0.285 e. The van der Waals surface area contributed by atoms with Crippen LogP contribution in [0, 0.1) is 6.92 Å². The maximum absolute atomic E-state index is 11.7. The number of guanidine groups is 1. The first-order valence-electron chi connectivity index (χ1n) is 4.15. The van der Waals surface area contributed by atoms with Gasteiger partial charge in [0.2, 0.25) is 5.96 Å². The first-order chi connectivity index (χ1) is 7.24. The fraction of sp³-hybridized carbons (Fsp3) is 0.125. The fourth-order valence-electron chi connectivity index (χ4n) is 1.13. The zero-order chi connectivity index (χ0) is 12.5. The van der Waals surface area contributed by atoms with E-state index in [0.717, 1.165) is 0 Å². The molecule has 1 aromatic rings. The molecule has 8 heteroatoms. The first-order valence-corrected chi connectivity index (χ1v) is 5.97. The SMILES string of the molecule is Cc1c(N)cc(Cl)cc1S(=O)(=O)N=C(N)N. The molecule has 0 saturated carbocycles. The van der Waals surface area contributed by atoms with E-state index in [2.05, 4.69) is 4.40 Å². The van der Waals surface area contributed by atoms with Gasteiger partial charge in [-0.25, -0.2) is 0 Å². The minimum Gasteiger partial charge on any atom is -0.398 e. The topological polar surface area (TPSA) is 125 Å². The van der Waals surface area contributed by atoms with Crippen LogP contribution < -0.4 is 17.2 Å². The van der Waals surface area contributed by atoms with E-state index >= 15 is 0 Å². The summed E-state index contributed by atoms with van der Waals surface area (Å²) in [5.74, 6) is -0.544. The van der Waals surface area contributed by atoms with E-state index in [1.165, 1.54) is 12.1 Å². The van der Waals surface area contributed by atoms with Crippen molar-refractivity contribution >= 4 is 33.3 Å². The molecule has 0 spiro atoms. The van der Waals surface area contributed by atoms with Gasteiger partial charge in [-0.1, -0.05) is 11.6 Å². The van der Waals surface area contributed by atoms with Gasteiger partial charge in [-0.15, -0.1) is 4.40 Å². The Morgan fingerprint density at radius 1 is 1.38 bits per heavy atom. The summed E-state index contributed by atoms with van der Waals surface area (Å²) in [7, 11) is -3.96. The summed E-state index contributed by atoms with van der Waals surface area (Å²) in [4.78, 5) is -0.106. The number of hydrogen-bond donors (Lipinski definition) is 3. The highest BCUT2D eigenvalue weighted by Gasteiger charge is 2.18. The van der Waals surface area contributed by atoms with E-state index in [1.54, 1.807) is 6.92 Å². The normalized spacial score (nSPS) is 11.1. The second-order valence-electron chi connectivity index (χ2n) is 3.11. The van der Waals surface area contributed by atoms with E-state index < -0.39 is 16.0 Å². The number of benzene rings is 1. The Bertz CT molecular complexity index is 549. The van der Waals surface area contributed by atoms with Crippen LogP contribution in [0.3, 0.4) is 0 Å². The monoisotopic (exact) mass is 262 g/mol.